The molecule has 3 aromatic heterocycles. The summed E-state index contributed by atoms with van der Waals surface area (Å²) in [5.41, 5.74) is 4.90. The molecule has 4 heterocycles. The normalized spacial score (nSPS) is 15.1. The lowest BCUT2D eigenvalue weighted by Crippen LogP contribution is -2.29. The molecule has 0 spiro atoms. The van der Waals surface area contributed by atoms with Gasteiger partial charge in [0.15, 0.2) is 5.82 Å². The number of benzene rings is 2. The van der Waals surface area contributed by atoms with Gasteiger partial charge in [-0.2, -0.15) is 5.10 Å². The Labute approximate surface area is 206 Å². The molecule has 0 radical (unpaired) electrons. The highest BCUT2D eigenvalue weighted by atomic mass is 35.5. The van der Waals surface area contributed by atoms with Gasteiger partial charge in [0.1, 0.15) is 23.4 Å². The van der Waals surface area contributed by atoms with Crippen LogP contribution in [-0.2, 0) is 0 Å². The van der Waals surface area contributed by atoms with E-state index in [2.05, 4.69) is 43.3 Å². The predicted molar refractivity (Wildman–Crippen MR) is 135 cm³/mol. The van der Waals surface area contributed by atoms with Crippen LogP contribution in [-0.4, -0.2) is 38.2 Å². The number of hydrogen-bond acceptors (Lipinski definition) is 5. The van der Waals surface area contributed by atoms with E-state index >= 15 is 0 Å². The zero-order chi connectivity index (χ0) is 23.9. The van der Waals surface area contributed by atoms with Crippen molar-refractivity contribution in [2.24, 2.45) is 0 Å². The summed E-state index contributed by atoms with van der Waals surface area (Å²) in [7, 11) is 0. The Morgan fingerprint density at radius 1 is 1.06 bits per heavy atom. The van der Waals surface area contributed by atoms with Crippen molar-refractivity contribution < 1.29 is 9.13 Å². The van der Waals surface area contributed by atoms with Crippen molar-refractivity contribution in [1.29, 1.82) is 0 Å². The lowest BCUT2D eigenvalue weighted by atomic mass is 10.1. The molecule has 0 saturated carbocycles. The van der Waals surface area contributed by atoms with E-state index < -0.39 is 11.9 Å². The molecule has 1 atom stereocenters. The summed E-state index contributed by atoms with van der Waals surface area (Å²) in [6.45, 7) is 3.93. The van der Waals surface area contributed by atoms with Crippen LogP contribution in [0.5, 0.6) is 5.75 Å². The molecule has 1 aliphatic heterocycles. The van der Waals surface area contributed by atoms with Gasteiger partial charge in [-0.1, -0.05) is 11.6 Å². The molecule has 9 heteroatoms. The fourth-order valence-electron chi connectivity index (χ4n) is 4.78. The quantitative estimate of drug-likeness (QED) is 0.297. The van der Waals surface area contributed by atoms with Crippen molar-refractivity contribution >= 4 is 39.2 Å². The van der Waals surface area contributed by atoms with E-state index in [1.54, 1.807) is 6.92 Å². The fourth-order valence-corrected chi connectivity index (χ4v) is 5.08. The smallest absolute Gasteiger partial charge is 0.159 e. The first-order valence-corrected chi connectivity index (χ1v) is 12.1. The van der Waals surface area contributed by atoms with Crippen LogP contribution in [0.3, 0.4) is 0 Å². The first-order chi connectivity index (χ1) is 17.1. The number of nitrogens with zero attached hydrogens (tertiary/aromatic N) is 4. The van der Waals surface area contributed by atoms with E-state index in [1.165, 1.54) is 31.1 Å². The predicted octanol–water partition coefficient (Wildman–Crippen LogP) is 6.42. The molecule has 7 nitrogen and oxygen atoms in total. The molecule has 35 heavy (non-hydrogen) atoms. The Bertz CT molecular complexity index is 1500. The summed E-state index contributed by atoms with van der Waals surface area (Å²) in [6, 6.07) is 11.9. The topological polar surface area (TPSA) is 82.7 Å². The zero-order valence-corrected chi connectivity index (χ0v) is 19.9. The average Bonchev–Trinajstić information content (AvgIpc) is 3.47. The Morgan fingerprint density at radius 2 is 1.91 bits per heavy atom. The molecule has 1 unspecified atom stereocenters. The number of ether oxygens (including phenoxy) is 1. The molecule has 2 N–H and O–H groups in total. The van der Waals surface area contributed by atoms with Crippen molar-refractivity contribution in [2.45, 2.75) is 32.3 Å². The lowest BCUT2D eigenvalue weighted by molar-refractivity contribution is 0.221. The number of piperidine rings is 1. The number of aromatic nitrogens is 5. The highest BCUT2D eigenvalue weighted by molar-refractivity contribution is 6.31. The monoisotopic (exact) mass is 490 g/mol. The van der Waals surface area contributed by atoms with Gasteiger partial charge in [0, 0.05) is 35.9 Å². The second kappa shape index (κ2) is 8.85. The van der Waals surface area contributed by atoms with Crippen molar-refractivity contribution in [3.05, 3.63) is 65.2 Å². The molecule has 5 aromatic rings. The minimum atomic E-state index is -0.599. The largest absolute Gasteiger partial charge is 0.486 e. The number of H-pyrrole nitrogens is 2. The second-order valence-corrected chi connectivity index (χ2v) is 9.30. The van der Waals surface area contributed by atoms with Gasteiger partial charge in [0.25, 0.3) is 0 Å². The molecular weight excluding hydrogens is 467 g/mol. The Kier molecular flexibility index (Phi) is 5.53. The van der Waals surface area contributed by atoms with E-state index in [9.17, 15) is 4.39 Å². The van der Waals surface area contributed by atoms with Gasteiger partial charge in [0.2, 0.25) is 0 Å². The average molecular weight is 491 g/mol. The van der Waals surface area contributed by atoms with Gasteiger partial charge in [-0.05, 0) is 62.6 Å². The van der Waals surface area contributed by atoms with Gasteiger partial charge in [-0.25, -0.2) is 9.37 Å². The van der Waals surface area contributed by atoms with Gasteiger partial charge in [-0.3, -0.25) is 10.1 Å². The van der Waals surface area contributed by atoms with E-state index in [1.807, 2.05) is 18.2 Å². The van der Waals surface area contributed by atoms with Gasteiger partial charge >= 0.3 is 0 Å². The Balaban J connectivity index is 1.32. The fraction of sp³-hybridized carbons (Fsp3) is 0.269. The van der Waals surface area contributed by atoms with Crippen molar-refractivity contribution in [2.75, 3.05) is 18.0 Å². The maximum Gasteiger partial charge on any atom is 0.159 e. The molecule has 0 amide bonds. The first-order valence-electron chi connectivity index (χ1n) is 11.8. The van der Waals surface area contributed by atoms with Gasteiger partial charge in [0.05, 0.1) is 27.8 Å². The Morgan fingerprint density at radius 3 is 2.74 bits per heavy atom. The van der Waals surface area contributed by atoms with Crippen LogP contribution in [0, 0.1) is 5.82 Å². The van der Waals surface area contributed by atoms with Crippen molar-refractivity contribution in [3.8, 4) is 17.3 Å². The summed E-state index contributed by atoms with van der Waals surface area (Å²) in [5.74, 6) is 0.750. The summed E-state index contributed by atoms with van der Waals surface area (Å²) in [6.07, 6.45) is 5.71. The number of aromatic amines is 2. The number of rotatable bonds is 5. The van der Waals surface area contributed by atoms with Crippen molar-refractivity contribution in [1.82, 2.24) is 25.1 Å². The number of imidazole rings is 1. The minimum absolute atomic E-state index is 0.230. The van der Waals surface area contributed by atoms with E-state index in [4.69, 9.17) is 21.3 Å². The maximum atomic E-state index is 14.3. The number of fused-ring (bicyclic) bond motifs is 2. The van der Waals surface area contributed by atoms with Crippen LogP contribution in [0.1, 0.15) is 37.9 Å². The van der Waals surface area contributed by atoms with Crippen LogP contribution < -0.4 is 9.64 Å². The zero-order valence-electron chi connectivity index (χ0n) is 19.2. The Hall–Kier alpha value is -3.65. The molecule has 2 aromatic carbocycles. The maximum absolute atomic E-state index is 14.3. The molecule has 6 rings (SSSR count). The van der Waals surface area contributed by atoms with Crippen LogP contribution in [0.15, 0.2) is 48.8 Å². The van der Waals surface area contributed by atoms with E-state index in [0.717, 1.165) is 41.2 Å². The molecule has 0 bridgehead atoms. The number of hydrogen-bond donors (Lipinski definition) is 2. The SMILES string of the molecule is CC(Oc1ccc2[nH]nc(-c3nc4ccc(N5CCCCC5)cc4[nH]3)c2c1)c1c(F)cncc1Cl. The summed E-state index contributed by atoms with van der Waals surface area (Å²) in [4.78, 5) is 14.4. The molecule has 1 saturated heterocycles. The molecule has 1 fully saturated rings. The van der Waals surface area contributed by atoms with Gasteiger partial charge < -0.3 is 14.6 Å². The van der Waals surface area contributed by atoms with Crippen LogP contribution in [0.25, 0.3) is 33.5 Å². The summed E-state index contributed by atoms with van der Waals surface area (Å²) < 4.78 is 20.3. The lowest BCUT2D eigenvalue weighted by Gasteiger charge is -2.28. The summed E-state index contributed by atoms with van der Waals surface area (Å²) in [5, 5.41) is 8.65. The van der Waals surface area contributed by atoms with Gasteiger partial charge in [-0.15, -0.1) is 0 Å². The highest BCUT2D eigenvalue weighted by Crippen LogP contribution is 2.33. The molecule has 0 aliphatic carbocycles. The number of anilines is 1. The van der Waals surface area contributed by atoms with Crippen molar-refractivity contribution in [3.63, 3.8) is 0 Å². The molecular formula is C26H24ClFN6O. The molecule has 178 valence electrons. The van der Waals surface area contributed by atoms with Crippen LogP contribution in [0.4, 0.5) is 10.1 Å². The van der Waals surface area contributed by atoms with Crippen LogP contribution in [0.2, 0.25) is 5.02 Å². The first kappa shape index (κ1) is 21.9. The minimum Gasteiger partial charge on any atom is -0.486 e. The van der Waals surface area contributed by atoms with Crippen LogP contribution >= 0.6 is 11.6 Å². The van der Waals surface area contributed by atoms with E-state index in [0.29, 0.717) is 17.3 Å². The molecule has 1 aliphatic rings. The number of pyridine rings is 1. The van der Waals surface area contributed by atoms with E-state index in [-0.39, 0.29) is 10.6 Å². The summed E-state index contributed by atoms with van der Waals surface area (Å²) >= 11 is 6.16. The number of nitrogens with one attached hydrogen (secondary N) is 2. The standard InChI is InChI=1S/C26H24ClFN6O/c1-15(24-19(27)13-29-14-20(24)28)35-17-6-8-21-18(12-17)25(33-32-21)26-30-22-7-5-16(11-23(22)31-26)34-9-3-2-4-10-34/h5-8,11-15H,2-4,9-10H2,1H3,(H,30,31)(H,32,33). The number of halogens is 2. The third-order valence-electron chi connectivity index (χ3n) is 6.56. The second-order valence-electron chi connectivity index (χ2n) is 8.89. The highest BCUT2D eigenvalue weighted by Gasteiger charge is 2.19. The third kappa shape index (κ3) is 4.08. The third-order valence-corrected chi connectivity index (χ3v) is 6.86.